The van der Waals surface area contributed by atoms with Gasteiger partial charge in [0.05, 0.1) is 34.1 Å². The van der Waals surface area contributed by atoms with Gasteiger partial charge in [-0.25, -0.2) is 0 Å². The molecule has 0 fully saturated rings. The van der Waals surface area contributed by atoms with Crippen molar-refractivity contribution in [3.8, 4) is 11.1 Å². The molecule has 0 aliphatic rings. The molecule has 0 aliphatic heterocycles. The van der Waals surface area contributed by atoms with Gasteiger partial charge in [0.1, 0.15) is 31.0 Å². The third-order valence-electron chi connectivity index (χ3n) is 8.25. The van der Waals surface area contributed by atoms with Crippen LogP contribution in [-0.4, -0.2) is 51.9 Å². The molecule has 0 heterocycles. The second kappa shape index (κ2) is 17.7. The van der Waals surface area contributed by atoms with E-state index < -0.39 is 71.2 Å². The summed E-state index contributed by atoms with van der Waals surface area (Å²) < 4.78 is 139. The molecule has 0 spiro atoms. The van der Waals surface area contributed by atoms with Gasteiger partial charge in [0.25, 0.3) is 40.5 Å². The average molecular weight is 951 g/mol. The molecule has 330 valence electrons. The second-order valence-electron chi connectivity index (χ2n) is 13.1. The van der Waals surface area contributed by atoms with Crippen molar-refractivity contribution in [2.24, 2.45) is 40.9 Å². The number of anilines is 4. The minimum atomic E-state index is -5.18. The van der Waals surface area contributed by atoms with E-state index in [9.17, 15) is 51.9 Å². The summed E-state index contributed by atoms with van der Waals surface area (Å²) in [5, 5.41) is 30.9. The summed E-state index contributed by atoms with van der Waals surface area (Å²) in [4.78, 5) is -3.29. The monoisotopic (exact) mass is 950 g/mol. The van der Waals surface area contributed by atoms with Gasteiger partial charge in [-0.3, -0.25) is 18.2 Å². The van der Waals surface area contributed by atoms with Gasteiger partial charge in [-0.2, -0.15) is 64.4 Å². The molecule has 6 aromatic carbocycles. The molecule has 0 radical (unpaired) electrons. The van der Waals surface area contributed by atoms with Crippen molar-refractivity contribution in [1.29, 1.82) is 0 Å². The van der Waals surface area contributed by atoms with Crippen LogP contribution in [-0.2, 0) is 40.5 Å². The first-order chi connectivity index (χ1) is 29.8. The topological polar surface area (TPSA) is 420 Å². The Morgan fingerprint density at radius 1 is 0.297 bits per heavy atom. The van der Waals surface area contributed by atoms with Crippen molar-refractivity contribution < 1.29 is 51.9 Å². The van der Waals surface area contributed by atoms with Crippen LogP contribution in [0.15, 0.2) is 170 Å². The lowest BCUT2D eigenvalue weighted by atomic mass is 10.0. The normalized spacial score (nSPS) is 12.9. The van der Waals surface area contributed by atoms with Gasteiger partial charge in [0.2, 0.25) is 0 Å². The van der Waals surface area contributed by atoms with Crippen LogP contribution in [0.2, 0.25) is 0 Å². The van der Waals surface area contributed by atoms with Gasteiger partial charge in [-0.1, -0.05) is 12.1 Å². The summed E-state index contributed by atoms with van der Waals surface area (Å²) >= 11 is 0. The zero-order valence-electron chi connectivity index (χ0n) is 32.0. The lowest BCUT2D eigenvalue weighted by molar-refractivity contribution is 0.480. The first kappa shape index (κ1) is 46.1. The molecule has 0 atom stereocenters. The summed E-state index contributed by atoms with van der Waals surface area (Å²) in [7, 11) is -20.2. The van der Waals surface area contributed by atoms with Gasteiger partial charge >= 0.3 is 0 Å². The smallest absolute Gasteiger partial charge is 0.296 e. The molecule has 0 saturated carbocycles. The molecule has 28 heteroatoms. The SMILES string of the molecule is Nc1cc(N)cc(N=Nc2ccc(N=Nc3ccc(-c4ccc(N=Nc5ccc(N=Nc6cc(N)cc(N)c6)c(S(=O)(=O)O)c5)cc4S(=O)(=O)O)c(S(=O)(=O)O)c3)cc2S(=O)(=O)O)c1. The third-order valence-corrected chi connectivity index (χ3v) is 11.8. The second-order valence-corrected chi connectivity index (χ2v) is 18.6. The number of nitrogens with two attached hydrogens (primary N) is 4. The van der Waals surface area contributed by atoms with E-state index in [0.29, 0.717) is 0 Å². The number of nitrogen functional groups attached to an aromatic ring is 4. The van der Waals surface area contributed by atoms with Crippen molar-refractivity contribution in [3.63, 3.8) is 0 Å². The highest BCUT2D eigenvalue weighted by Gasteiger charge is 2.25. The van der Waals surface area contributed by atoms with Crippen LogP contribution in [0.3, 0.4) is 0 Å². The first-order valence-electron chi connectivity index (χ1n) is 17.3. The van der Waals surface area contributed by atoms with Crippen LogP contribution < -0.4 is 22.9 Å². The van der Waals surface area contributed by atoms with E-state index in [1.807, 2.05) is 0 Å². The summed E-state index contributed by atoms with van der Waals surface area (Å²) in [5.74, 6) is 0. The molecule has 12 N–H and O–H groups in total. The maximum absolute atomic E-state index is 12.6. The Hall–Kier alpha value is -7.44. The standard InChI is InChI=1S/C36H30N12O12S4/c37-19-9-20(38)12-27(11-19)45-47-31-7-3-25(17-35(31)63(55,56)57)43-41-23-1-5-29(33(15-23)61(49,50)51)30-6-2-24(16-34(30)62(52,53)54)42-44-26-4-8-32(36(18-26)64(58,59)60)48-46-28-13-21(39)10-22(40)14-28/h1-18H,37-40H2,(H,49,50,51)(H,52,53,54)(H,55,56,57)(H,58,59,60). The Morgan fingerprint density at radius 2 is 0.547 bits per heavy atom. The fourth-order valence-electron chi connectivity index (χ4n) is 5.61. The molecule has 6 rings (SSSR count). The number of nitrogens with zero attached hydrogens (tertiary/aromatic N) is 8. The minimum absolute atomic E-state index is 0.173. The van der Waals surface area contributed by atoms with Crippen molar-refractivity contribution in [3.05, 3.63) is 109 Å². The summed E-state index contributed by atoms with van der Waals surface area (Å²) in [6, 6.07) is 20.9. The van der Waals surface area contributed by atoms with Crippen LogP contribution in [0.5, 0.6) is 0 Å². The fraction of sp³-hybridized carbons (Fsp3) is 0. The highest BCUT2D eigenvalue weighted by Crippen LogP contribution is 2.39. The number of hydrogen-bond acceptors (Lipinski definition) is 20. The molecule has 24 nitrogen and oxygen atoms in total. The van der Waals surface area contributed by atoms with Crippen LogP contribution in [0.4, 0.5) is 68.2 Å². The minimum Gasteiger partial charge on any atom is -0.399 e. The van der Waals surface area contributed by atoms with E-state index in [2.05, 4.69) is 40.9 Å². The van der Waals surface area contributed by atoms with E-state index in [4.69, 9.17) is 22.9 Å². The quantitative estimate of drug-likeness (QED) is 0.0306. The van der Waals surface area contributed by atoms with E-state index >= 15 is 0 Å². The third kappa shape index (κ3) is 11.5. The molecule has 0 aliphatic carbocycles. The predicted octanol–water partition coefficient (Wildman–Crippen LogP) is 8.33. The summed E-state index contributed by atoms with van der Waals surface area (Å²) in [5.41, 5.74) is 21.9. The van der Waals surface area contributed by atoms with Gasteiger partial charge in [0, 0.05) is 33.9 Å². The Bertz CT molecular complexity index is 3190. The van der Waals surface area contributed by atoms with Gasteiger partial charge in [-0.15, -0.1) is 10.2 Å². The van der Waals surface area contributed by atoms with Crippen molar-refractivity contribution in [2.75, 3.05) is 22.9 Å². The Kier molecular flexibility index (Phi) is 12.8. The number of hydrogen-bond donors (Lipinski definition) is 8. The zero-order valence-corrected chi connectivity index (χ0v) is 35.2. The zero-order chi connectivity index (χ0) is 46.8. The lowest BCUT2D eigenvalue weighted by Crippen LogP contribution is -2.05. The molecule has 0 unspecified atom stereocenters. The van der Waals surface area contributed by atoms with Crippen LogP contribution in [0, 0.1) is 0 Å². The number of benzene rings is 6. The Balaban J connectivity index is 1.31. The lowest BCUT2D eigenvalue weighted by Gasteiger charge is -2.12. The van der Waals surface area contributed by atoms with Crippen LogP contribution in [0.25, 0.3) is 11.1 Å². The molecule has 64 heavy (non-hydrogen) atoms. The molecule has 6 aromatic rings. The Labute approximate surface area is 362 Å². The molecule has 0 bridgehead atoms. The molecular weight excluding hydrogens is 921 g/mol. The van der Waals surface area contributed by atoms with E-state index in [1.165, 1.54) is 48.5 Å². The molecular formula is C36H30N12O12S4. The highest BCUT2D eigenvalue weighted by molar-refractivity contribution is 7.86. The van der Waals surface area contributed by atoms with Crippen molar-refractivity contribution >= 4 is 109 Å². The summed E-state index contributed by atoms with van der Waals surface area (Å²) in [6.07, 6.45) is 0. The number of azo groups is 4. The Morgan fingerprint density at radius 3 is 0.828 bits per heavy atom. The van der Waals surface area contributed by atoms with Gasteiger partial charge in [-0.05, 0) is 97.1 Å². The summed E-state index contributed by atoms with van der Waals surface area (Å²) in [6.45, 7) is 0. The molecule has 0 saturated heterocycles. The number of rotatable bonds is 13. The molecule has 0 amide bonds. The largest absolute Gasteiger partial charge is 0.399 e. The van der Waals surface area contributed by atoms with Gasteiger partial charge < -0.3 is 22.9 Å². The maximum Gasteiger partial charge on any atom is 0.296 e. The van der Waals surface area contributed by atoms with E-state index in [-0.39, 0.29) is 68.2 Å². The average Bonchev–Trinajstić information content (AvgIpc) is 3.18. The van der Waals surface area contributed by atoms with Crippen molar-refractivity contribution in [2.45, 2.75) is 19.6 Å². The van der Waals surface area contributed by atoms with Crippen molar-refractivity contribution in [1.82, 2.24) is 0 Å². The predicted molar refractivity (Wildman–Crippen MR) is 231 cm³/mol. The van der Waals surface area contributed by atoms with Crippen LogP contribution in [0.1, 0.15) is 0 Å². The highest BCUT2D eigenvalue weighted by atomic mass is 32.2. The maximum atomic E-state index is 12.6. The van der Waals surface area contributed by atoms with Crippen LogP contribution >= 0.6 is 0 Å². The van der Waals surface area contributed by atoms with E-state index in [1.54, 1.807) is 0 Å². The van der Waals surface area contributed by atoms with Gasteiger partial charge in [0.15, 0.2) is 0 Å². The first-order valence-corrected chi connectivity index (χ1v) is 23.1. The fourth-order valence-corrected chi connectivity index (χ4v) is 8.35. The molecule has 0 aromatic heterocycles. The van der Waals surface area contributed by atoms with E-state index in [0.717, 1.165) is 60.7 Å².